The van der Waals surface area contributed by atoms with Crippen LogP contribution in [-0.4, -0.2) is 45.7 Å². The number of hydrogen-bond acceptors (Lipinski definition) is 5. The summed E-state index contributed by atoms with van der Waals surface area (Å²) in [5.41, 5.74) is 0.0342. The van der Waals surface area contributed by atoms with Crippen molar-refractivity contribution in [2.45, 2.75) is 75.7 Å². The summed E-state index contributed by atoms with van der Waals surface area (Å²) in [4.78, 5) is 28.2. The molecule has 34 heavy (non-hydrogen) atoms. The summed E-state index contributed by atoms with van der Waals surface area (Å²) in [5, 5.41) is 11.2. The number of fused-ring (bicyclic) bond motifs is 1. The zero-order valence-electron chi connectivity index (χ0n) is 20.1. The van der Waals surface area contributed by atoms with Crippen molar-refractivity contribution in [1.82, 2.24) is 4.90 Å². The lowest BCUT2D eigenvalue weighted by Gasteiger charge is -2.57. The van der Waals surface area contributed by atoms with Gasteiger partial charge in [0.1, 0.15) is 0 Å². The van der Waals surface area contributed by atoms with E-state index >= 15 is 0 Å². The molecule has 6 nitrogen and oxygen atoms in total. The zero-order valence-corrected chi connectivity index (χ0v) is 20.1. The van der Waals surface area contributed by atoms with Gasteiger partial charge in [0.25, 0.3) is 11.8 Å². The van der Waals surface area contributed by atoms with Crippen LogP contribution in [0.2, 0.25) is 0 Å². The number of rotatable bonds is 4. The van der Waals surface area contributed by atoms with Gasteiger partial charge in [0.15, 0.2) is 0 Å². The number of carbonyl (C=O) groups is 2. The Labute approximate surface area is 200 Å². The van der Waals surface area contributed by atoms with Gasteiger partial charge in [-0.25, -0.2) is 0 Å². The first-order valence-corrected chi connectivity index (χ1v) is 12.1. The van der Waals surface area contributed by atoms with Crippen LogP contribution in [0.15, 0.2) is 48.5 Å². The van der Waals surface area contributed by atoms with Crippen molar-refractivity contribution in [1.29, 1.82) is 0 Å². The monoisotopic (exact) mass is 459 g/mol. The second-order valence-corrected chi connectivity index (χ2v) is 11.5. The van der Waals surface area contributed by atoms with E-state index in [1.165, 1.54) is 4.90 Å². The van der Waals surface area contributed by atoms with E-state index in [1.54, 1.807) is 24.3 Å². The molecule has 3 fully saturated rings. The molecule has 6 rings (SSSR count). The van der Waals surface area contributed by atoms with E-state index in [1.807, 2.05) is 52.0 Å². The molecule has 2 aromatic rings. The number of imide groups is 1. The fourth-order valence-electron chi connectivity index (χ4n) is 5.87. The Bertz CT molecular complexity index is 1140. The first-order chi connectivity index (χ1) is 16.0. The second kappa shape index (κ2) is 6.81. The summed E-state index contributed by atoms with van der Waals surface area (Å²) in [5.74, 6) is -0.318. The van der Waals surface area contributed by atoms with Gasteiger partial charge < -0.3 is 14.4 Å². The molecule has 0 aromatic heterocycles. The average molecular weight is 459 g/mol. The van der Waals surface area contributed by atoms with Gasteiger partial charge in [0, 0.05) is 12.8 Å². The number of amides is 2. The van der Waals surface area contributed by atoms with Crippen molar-refractivity contribution in [3.63, 3.8) is 0 Å². The van der Waals surface area contributed by atoms with E-state index in [9.17, 15) is 14.7 Å². The molecular weight excluding hydrogens is 429 g/mol. The van der Waals surface area contributed by atoms with Crippen LogP contribution in [-0.2, 0) is 14.8 Å². The Morgan fingerprint density at radius 1 is 0.853 bits per heavy atom. The van der Waals surface area contributed by atoms with Crippen molar-refractivity contribution in [3.8, 4) is 0 Å². The molecule has 7 heteroatoms. The highest BCUT2D eigenvalue weighted by molar-refractivity contribution is 6.62. The second-order valence-electron chi connectivity index (χ2n) is 11.5. The number of benzene rings is 2. The van der Waals surface area contributed by atoms with Gasteiger partial charge in [-0.15, -0.1) is 0 Å². The molecule has 2 saturated carbocycles. The van der Waals surface area contributed by atoms with Crippen LogP contribution in [0.25, 0.3) is 0 Å². The van der Waals surface area contributed by atoms with Gasteiger partial charge >= 0.3 is 7.12 Å². The van der Waals surface area contributed by atoms with Gasteiger partial charge in [0.05, 0.1) is 33.5 Å². The maximum atomic E-state index is 13.4. The van der Waals surface area contributed by atoms with Crippen molar-refractivity contribution in [3.05, 3.63) is 65.2 Å². The highest BCUT2D eigenvalue weighted by Crippen LogP contribution is 2.61. The number of aliphatic hydroxyl groups is 1. The lowest BCUT2D eigenvalue weighted by atomic mass is 9.58. The molecular formula is C27H30BNO5. The minimum atomic E-state index is -0.862. The van der Waals surface area contributed by atoms with Crippen LogP contribution < -0.4 is 5.46 Å². The Kier molecular flexibility index (Phi) is 4.41. The predicted octanol–water partition coefficient (Wildman–Crippen LogP) is 3.41. The van der Waals surface area contributed by atoms with E-state index in [-0.39, 0.29) is 17.7 Å². The molecule has 2 heterocycles. The van der Waals surface area contributed by atoms with Crippen LogP contribution in [0.4, 0.5) is 0 Å². The third-order valence-electron chi connectivity index (χ3n) is 8.73. The van der Waals surface area contributed by atoms with Crippen LogP contribution in [0, 0.1) is 5.92 Å². The number of hydrogen-bond donors (Lipinski definition) is 1. The first-order valence-electron chi connectivity index (χ1n) is 12.1. The third kappa shape index (κ3) is 2.93. The molecule has 0 atom stereocenters. The molecule has 2 aliphatic heterocycles. The molecule has 1 saturated heterocycles. The Balaban J connectivity index is 1.36. The fraction of sp³-hybridized carbons (Fsp3) is 0.481. The summed E-state index contributed by atoms with van der Waals surface area (Å²) in [6, 6.07) is 14.8. The quantitative estimate of drug-likeness (QED) is 0.560. The Morgan fingerprint density at radius 3 is 1.82 bits per heavy atom. The minimum absolute atomic E-state index is 0.250. The molecule has 0 spiro atoms. The highest BCUT2D eigenvalue weighted by Gasteiger charge is 2.66. The van der Waals surface area contributed by atoms with E-state index < -0.39 is 29.5 Å². The van der Waals surface area contributed by atoms with Gasteiger partial charge in [-0.3, -0.25) is 14.5 Å². The third-order valence-corrected chi connectivity index (χ3v) is 8.73. The van der Waals surface area contributed by atoms with Crippen molar-refractivity contribution in [2.75, 3.05) is 0 Å². The summed E-state index contributed by atoms with van der Waals surface area (Å²) in [7, 11) is -0.487. The lowest BCUT2D eigenvalue weighted by Crippen LogP contribution is -2.65. The number of nitrogens with zero attached hydrogens (tertiary/aromatic N) is 1. The fourth-order valence-corrected chi connectivity index (χ4v) is 5.87. The molecule has 4 aliphatic rings. The van der Waals surface area contributed by atoms with Crippen LogP contribution in [0.5, 0.6) is 0 Å². The molecule has 1 N–H and O–H groups in total. The predicted molar refractivity (Wildman–Crippen MR) is 128 cm³/mol. The first kappa shape index (κ1) is 22.0. The zero-order chi connectivity index (χ0) is 24.1. The van der Waals surface area contributed by atoms with E-state index in [0.29, 0.717) is 24.0 Å². The lowest BCUT2D eigenvalue weighted by molar-refractivity contribution is -0.143. The van der Waals surface area contributed by atoms with E-state index in [0.717, 1.165) is 23.9 Å². The van der Waals surface area contributed by atoms with Gasteiger partial charge in [0.2, 0.25) is 0 Å². The summed E-state index contributed by atoms with van der Waals surface area (Å²) in [6.45, 7) is 8.08. The maximum Gasteiger partial charge on any atom is 0.494 e. The average Bonchev–Trinajstić information content (AvgIpc) is 3.56. The van der Waals surface area contributed by atoms with Crippen molar-refractivity contribution in [2.24, 2.45) is 5.92 Å². The van der Waals surface area contributed by atoms with Crippen LogP contribution in [0.1, 0.15) is 79.7 Å². The SMILES string of the molecule is CC1(C)OB(c2ccc([C@]3(N4C(=O)c5ccccc5C4=O)C[C@@](O)(C4CC4)C3)cc2)OC1(C)C. The molecule has 2 aliphatic carbocycles. The highest BCUT2D eigenvalue weighted by atomic mass is 16.7. The maximum absolute atomic E-state index is 13.4. The van der Waals surface area contributed by atoms with Crippen LogP contribution >= 0.6 is 0 Å². The number of carbonyl (C=O) groups excluding carboxylic acids is 2. The van der Waals surface area contributed by atoms with Gasteiger partial charge in [-0.1, -0.05) is 36.4 Å². The van der Waals surface area contributed by atoms with E-state index in [2.05, 4.69) is 0 Å². The Morgan fingerprint density at radius 2 is 1.35 bits per heavy atom. The molecule has 2 amide bonds. The molecule has 0 radical (unpaired) electrons. The topological polar surface area (TPSA) is 76.1 Å². The summed E-state index contributed by atoms with van der Waals surface area (Å²) in [6.07, 6.45) is 2.73. The minimum Gasteiger partial charge on any atom is -0.399 e. The smallest absolute Gasteiger partial charge is 0.399 e. The van der Waals surface area contributed by atoms with Crippen LogP contribution in [0.3, 0.4) is 0 Å². The summed E-state index contributed by atoms with van der Waals surface area (Å²) >= 11 is 0. The molecule has 0 unspecified atom stereocenters. The van der Waals surface area contributed by atoms with Gasteiger partial charge in [-0.05, 0) is 69.6 Å². The molecule has 2 aromatic carbocycles. The van der Waals surface area contributed by atoms with Gasteiger partial charge in [-0.2, -0.15) is 0 Å². The van der Waals surface area contributed by atoms with E-state index in [4.69, 9.17) is 9.31 Å². The Hall–Kier alpha value is -2.48. The normalized spacial score (nSPS) is 31.6. The molecule has 0 bridgehead atoms. The largest absolute Gasteiger partial charge is 0.494 e. The van der Waals surface area contributed by atoms with Crippen molar-refractivity contribution < 1.29 is 24.0 Å². The molecule has 176 valence electrons. The standard InChI is InChI=1S/C27H30BNO5/c1-24(2)25(3,4)34-28(33-24)19-13-11-17(12-14-19)26(15-27(32,16-26)18-9-10-18)29-22(30)20-7-5-6-8-21(20)23(29)31/h5-8,11-14,18,32H,9-10,15-16H2,1-4H3/t26-,27-. The summed E-state index contributed by atoms with van der Waals surface area (Å²) < 4.78 is 12.4. The van der Waals surface area contributed by atoms with Crippen molar-refractivity contribution >= 4 is 24.4 Å².